The molecule has 0 amide bonds. The zero-order valence-corrected chi connectivity index (χ0v) is 21.6. The highest BCUT2D eigenvalue weighted by molar-refractivity contribution is 5.95. The number of hydrogen-bond donors (Lipinski definition) is 1. The van der Waals surface area contributed by atoms with Crippen molar-refractivity contribution in [2.24, 2.45) is 7.05 Å². The number of halogens is 2. The Morgan fingerprint density at radius 3 is 2.74 bits per heavy atom. The van der Waals surface area contributed by atoms with E-state index in [0.29, 0.717) is 17.2 Å². The van der Waals surface area contributed by atoms with Crippen molar-refractivity contribution in [1.82, 2.24) is 19.7 Å². The summed E-state index contributed by atoms with van der Waals surface area (Å²) in [5, 5.41) is 8.88. The molecule has 2 aliphatic heterocycles. The van der Waals surface area contributed by atoms with Crippen LogP contribution in [0.2, 0.25) is 0 Å². The third kappa shape index (κ3) is 4.34. The van der Waals surface area contributed by atoms with Crippen LogP contribution in [-0.4, -0.2) is 40.6 Å². The third-order valence-corrected chi connectivity index (χ3v) is 7.83. The first-order chi connectivity index (χ1) is 18.4. The van der Waals surface area contributed by atoms with Gasteiger partial charge in [-0.2, -0.15) is 13.9 Å². The number of aromatic nitrogens is 3. The van der Waals surface area contributed by atoms with Crippen molar-refractivity contribution in [3.8, 4) is 16.9 Å². The minimum atomic E-state index is -2.95. The summed E-state index contributed by atoms with van der Waals surface area (Å²) in [4.78, 5) is 14.7. The first kappa shape index (κ1) is 24.6. The molecule has 0 atom stereocenters. The summed E-state index contributed by atoms with van der Waals surface area (Å²) in [6, 6.07) is 11.8. The Hall–Kier alpha value is -3.72. The van der Waals surface area contributed by atoms with Crippen LogP contribution in [0.3, 0.4) is 0 Å². The maximum absolute atomic E-state index is 13.6. The molecule has 2 aromatic heterocycles. The molecule has 4 aromatic rings. The molecule has 0 bridgehead atoms. The van der Waals surface area contributed by atoms with E-state index < -0.39 is 6.61 Å². The zero-order chi connectivity index (χ0) is 26.4. The SMILES string of the molecule is Cc1cc2c(N3CCCc4cc(-c5cnn(C6CCNCC6)c5)c(OC(F)F)cc43)cccc2n(C)c1=O. The molecule has 7 nitrogen and oxygen atoms in total. The fraction of sp³-hybridized carbons (Fsp3) is 0.379. The van der Waals surface area contributed by atoms with Crippen molar-refractivity contribution in [2.75, 3.05) is 24.5 Å². The van der Waals surface area contributed by atoms with Gasteiger partial charge in [0.15, 0.2) is 0 Å². The molecule has 4 heterocycles. The number of piperidine rings is 1. The van der Waals surface area contributed by atoms with Gasteiger partial charge in [-0.3, -0.25) is 9.48 Å². The second-order valence-electron chi connectivity index (χ2n) is 10.2. The number of nitrogens with one attached hydrogen (secondary N) is 1. The van der Waals surface area contributed by atoms with Crippen molar-refractivity contribution in [3.05, 3.63) is 70.3 Å². The summed E-state index contributed by atoms with van der Waals surface area (Å²) in [6.07, 6.45) is 7.41. The van der Waals surface area contributed by atoms with Crippen LogP contribution >= 0.6 is 0 Å². The summed E-state index contributed by atoms with van der Waals surface area (Å²) >= 11 is 0. The van der Waals surface area contributed by atoms with E-state index in [4.69, 9.17) is 4.74 Å². The van der Waals surface area contributed by atoms with E-state index in [2.05, 4.69) is 15.3 Å². The highest BCUT2D eigenvalue weighted by Crippen LogP contribution is 2.43. The number of rotatable bonds is 5. The Morgan fingerprint density at radius 1 is 1.13 bits per heavy atom. The summed E-state index contributed by atoms with van der Waals surface area (Å²) < 4.78 is 35.9. The van der Waals surface area contributed by atoms with Crippen LogP contribution in [0.4, 0.5) is 20.2 Å². The number of fused-ring (bicyclic) bond motifs is 2. The molecule has 0 aliphatic carbocycles. The van der Waals surface area contributed by atoms with E-state index in [1.54, 1.807) is 23.9 Å². The molecule has 2 aromatic carbocycles. The second-order valence-corrected chi connectivity index (χ2v) is 10.2. The van der Waals surface area contributed by atoms with Gasteiger partial charge in [0, 0.05) is 53.6 Å². The Labute approximate surface area is 219 Å². The maximum atomic E-state index is 13.6. The average molecular weight is 520 g/mol. The third-order valence-electron chi connectivity index (χ3n) is 7.83. The molecule has 1 fully saturated rings. The Bertz CT molecular complexity index is 1550. The highest BCUT2D eigenvalue weighted by Gasteiger charge is 2.25. The topological polar surface area (TPSA) is 64.3 Å². The molecule has 0 unspecified atom stereocenters. The van der Waals surface area contributed by atoms with E-state index in [1.165, 1.54) is 0 Å². The predicted molar refractivity (Wildman–Crippen MR) is 145 cm³/mol. The minimum Gasteiger partial charge on any atom is -0.434 e. The molecule has 0 radical (unpaired) electrons. The first-order valence-electron chi connectivity index (χ1n) is 13.1. The second kappa shape index (κ2) is 9.87. The normalized spacial score (nSPS) is 16.3. The van der Waals surface area contributed by atoms with E-state index >= 15 is 0 Å². The van der Waals surface area contributed by atoms with Crippen molar-refractivity contribution in [2.45, 2.75) is 45.3 Å². The van der Waals surface area contributed by atoms with Crippen molar-refractivity contribution >= 4 is 22.3 Å². The minimum absolute atomic E-state index is 0.0315. The Kier molecular flexibility index (Phi) is 6.39. The van der Waals surface area contributed by atoms with Crippen LogP contribution in [-0.2, 0) is 13.5 Å². The summed E-state index contributed by atoms with van der Waals surface area (Å²) in [7, 11) is 1.77. The fourth-order valence-electron chi connectivity index (χ4n) is 5.90. The molecule has 6 rings (SSSR count). The van der Waals surface area contributed by atoms with Crippen LogP contribution in [0, 0.1) is 6.92 Å². The van der Waals surface area contributed by atoms with Gasteiger partial charge in [0.1, 0.15) is 5.75 Å². The number of alkyl halides is 2. The quantitative estimate of drug-likeness (QED) is 0.387. The van der Waals surface area contributed by atoms with E-state index in [0.717, 1.165) is 78.7 Å². The van der Waals surface area contributed by atoms with E-state index in [-0.39, 0.29) is 11.3 Å². The number of anilines is 2. The van der Waals surface area contributed by atoms with Gasteiger partial charge < -0.3 is 19.5 Å². The zero-order valence-electron chi connectivity index (χ0n) is 21.6. The van der Waals surface area contributed by atoms with Crippen LogP contribution in [0.1, 0.15) is 36.4 Å². The van der Waals surface area contributed by atoms with E-state index in [9.17, 15) is 13.6 Å². The Morgan fingerprint density at radius 2 is 1.95 bits per heavy atom. The van der Waals surface area contributed by atoms with E-state index in [1.807, 2.05) is 48.1 Å². The van der Waals surface area contributed by atoms with Gasteiger partial charge >= 0.3 is 6.61 Å². The van der Waals surface area contributed by atoms with Crippen molar-refractivity contribution in [1.29, 1.82) is 0 Å². The maximum Gasteiger partial charge on any atom is 0.387 e. The molecule has 0 spiro atoms. The van der Waals surface area contributed by atoms with Crippen LogP contribution < -0.4 is 20.5 Å². The average Bonchev–Trinajstić information content (AvgIpc) is 3.41. The molecular formula is C29H31F2N5O2. The van der Waals surface area contributed by atoms with Gasteiger partial charge in [0.25, 0.3) is 5.56 Å². The fourth-order valence-corrected chi connectivity index (χ4v) is 5.90. The van der Waals surface area contributed by atoms with Gasteiger partial charge in [-0.15, -0.1) is 0 Å². The standard InChI is InChI=1S/C29H31F2N5O2/c1-18-13-23-24(34(2)28(18)37)6-3-7-25(23)35-12-4-5-19-14-22(27(15-26(19)35)38-29(30)31)20-16-33-36(17-20)21-8-10-32-11-9-21/h3,6-7,13-17,21,29,32H,4-5,8-12H2,1-2H3. The molecule has 1 N–H and O–H groups in total. The van der Waals surface area contributed by atoms with Crippen molar-refractivity contribution < 1.29 is 13.5 Å². The molecule has 0 saturated carbocycles. The summed E-state index contributed by atoms with van der Waals surface area (Å²) in [5.41, 5.74) is 5.72. The molecule has 198 valence electrons. The van der Waals surface area contributed by atoms with Gasteiger partial charge in [0.2, 0.25) is 0 Å². The largest absolute Gasteiger partial charge is 0.434 e. The number of aryl methyl sites for hydroxylation is 3. The number of hydrogen-bond acceptors (Lipinski definition) is 5. The number of pyridine rings is 1. The molecule has 1 saturated heterocycles. The Balaban J connectivity index is 1.46. The van der Waals surface area contributed by atoms with Gasteiger partial charge in [-0.25, -0.2) is 0 Å². The van der Waals surface area contributed by atoms with Crippen molar-refractivity contribution in [3.63, 3.8) is 0 Å². The first-order valence-corrected chi connectivity index (χ1v) is 13.1. The lowest BCUT2D eigenvalue weighted by atomic mass is 9.95. The van der Waals surface area contributed by atoms with Crippen LogP contribution in [0.5, 0.6) is 5.75 Å². The molecule has 38 heavy (non-hydrogen) atoms. The van der Waals surface area contributed by atoms with Gasteiger partial charge in [-0.05, 0) is 75.5 Å². The lowest BCUT2D eigenvalue weighted by Crippen LogP contribution is -2.29. The summed E-state index contributed by atoms with van der Waals surface area (Å²) in [5.74, 6) is 0.138. The van der Waals surface area contributed by atoms with Crippen LogP contribution in [0.25, 0.3) is 22.0 Å². The monoisotopic (exact) mass is 519 g/mol. The smallest absolute Gasteiger partial charge is 0.387 e. The predicted octanol–water partition coefficient (Wildman–Crippen LogP) is 5.32. The number of nitrogens with zero attached hydrogens (tertiary/aromatic N) is 4. The van der Waals surface area contributed by atoms with Crippen LogP contribution in [0.15, 0.2) is 53.6 Å². The molecule has 2 aliphatic rings. The molecular weight excluding hydrogens is 488 g/mol. The number of ether oxygens (including phenoxy) is 1. The summed E-state index contributed by atoms with van der Waals surface area (Å²) in [6.45, 7) is 1.48. The number of benzene rings is 2. The van der Waals surface area contributed by atoms with Gasteiger partial charge in [-0.1, -0.05) is 6.07 Å². The highest BCUT2D eigenvalue weighted by atomic mass is 19.3. The molecule has 9 heteroatoms. The lowest BCUT2D eigenvalue weighted by Gasteiger charge is -2.33. The lowest BCUT2D eigenvalue weighted by molar-refractivity contribution is -0.0494. The van der Waals surface area contributed by atoms with Gasteiger partial charge in [0.05, 0.1) is 23.4 Å².